The normalized spacial score (nSPS) is 12.6. The summed E-state index contributed by atoms with van der Waals surface area (Å²) in [4.78, 5) is 22.2. The van der Waals surface area contributed by atoms with Crippen molar-refractivity contribution >= 4 is 17.3 Å². The lowest BCUT2D eigenvalue weighted by molar-refractivity contribution is -0.387. The average Bonchev–Trinajstić information content (AvgIpc) is 2.55. The molecule has 7 nitrogen and oxygen atoms in total. The fraction of sp³-hybridized carbons (Fsp3) is 0.133. The van der Waals surface area contributed by atoms with Crippen LogP contribution in [0.5, 0.6) is 11.5 Å². The first-order valence-corrected chi connectivity index (χ1v) is 6.70. The second kappa shape index (κ2) is 5.91. The third kappa shape index (κ3) is 2.91. The topological polar surface area (TPSA) is 90.7 Å². The molecule has 1 aliphatic rings. The van der Waals surface area contributed by atoms with Gasteiger partial charge in [-0.1, -0.05) is 6.07 Å². The number of nitro benzene ring substituents is 1. The highest BCUT2D eigenvalue weighted by Crippen LogP contribution is 2.34. The summed E-state index contributed by atoms with van der Waals surface area (Å²) in [5, 5.41) is 13.2. The van der Waals surface area contributed by atoms with Crippen LogP contribution in [-0.2, 0) is 0 Å². The van der Waals surface area contributed by atoms with Gasteiger partial charge in [0.05, 0.1) is 10.5 Å². The van der Waals surface area contributed by atoms with Crippen LogP contribution < -0.4 is 14.8 Å². The van der Waals surface area contributed by atoms with E-state index >= 15 is 0 Å². The van der Waals surface area contributed by atoms with E-state index in [1.54, 1.807) is 18.2 Å². The summed E-state index contributed by atoms with van der Waals surface area (Å²) in [6.07, 6.45) is 0. The Balaban J connectivity index is 1.88. The molecule has 0 unspecified atom stereocenters. The molecule has 118 valence electrons. The maximum atomic E-state index is 13.3. The van der Waals surface area contributed by atoms with Crippen LogP contribution in [0.2, 0.25) is 0 Å². The molecule has 0 saturated heterocycles. The number of nitro groups is 1. The van der Waals surface area contributed by atoms with E-state index in [4.69, 9.17) is 9.47 Å². The predicted molar refractivity (Wildman–Crippen MR) is 78.4 cm³/mol. The molecule has 2 aromatic rings. The molecular weight excluding hydrogens is 307 g/mol. The number of amides is 1. The van der Waals surface area contributed by atoms with E-state index in [-0.39, 0.29) is 11.3 Å². The lowest BCUT2D eigenvalue weighted by Crippen LogP contribution is -2.20. The van der Waals surface area contributed by atoms with Gasteiger partial charge in [0, 0.05) is 11.8 Å². The quantitative estimate of drug-likeness (QED) is 0.694. The molecule has 8 heteroatoms. The largest absolute Gasteiger partial charge is 0.486 e. The number of rotatable bonds is 3. The van der Waals surface area contributed by atoms with E-state index < -0.39 is 22.3 Å². The number of hydrogen-bond acceptors (Lipinski definition) is 5. The van der Waals surface area contributed by atoms with Gasteiger partial charge in [-0.2, -0.15) is 4.39 Å². The number of carbonyl (C=O) groups is 1. The molecule has 2 aromatic carbocycles. The van der Waals surface area contributed by atoms with Gasteiger partial charge in [0.1, 0.15) is 13.2 Å². The molecule has 3 rings (SSSR count). The lowest BCUT2D eigenvalue weighted by atomic mass is 10.1. The van der Waals surface area contributed by atoms with Crippen LogP contribution in [0.3, 0.4) is 0 Å². The smallest absolute Gasteiger partial charge is 0.306 e. The van der Waals surface area contributed by atoms with Crippen LogP contribution in [0.4, 0.5) is 15.8 Å². The number of ether oxygens (including phenoxy) is 2. The Kier molecular flexibility index (Phi) is 3.80. The average molecular weight is 318 g/mol. The molecule has 0 saturated carbocycles. The van der Waals surface area contributed by atoms with Gasteiger partial charge in [-0.25, -0.2) is 0 Å². The van der Waals surface area contributed by atoms with E-state index in [0.717, 1.165) is 12.1 Å². The van der Waals surface area contributed by atoms with E-state index in [1.807, 2.05) is 0 Å². The fourth-order valence-corrected chi connectivity index (χ4v) is 2.18. The first-order chi connectivity index (χ1) is 11.1. The SMILES string of the molecule is O=C(Nc1ccc(F)c([N+](=O)[O-])c1)c1cccc2c1OCCO2. The van der Waals surface area contributed by atoms with Crippen molar-refractivity contribution in [1.29, 1.82) is 0 Å². The number of benzene rings is 2. The van der Waals surface area contributed by atoms with Crippen molar-refractivity contribution in [2.75, 3.05) is 18.5 Å². The van der Waals surface area contributed by atoms with Crippen molar-refractivity contribution in [3.63, 3.8) is 0 Å². The number of para-hydroxylation sites is 1. The maximum absolute atomic E-state index is 13.3. The molecule has 0 aromatic heterocycles. The Bertz CT molecular complexity index is 793. The molecule has 1 amide bonds. The Morgan fingerprint density at radius 2 is 2.00 bits per heavy atom. The molecule has 0 aliphatic carbocycles. The Labute approximate surface area is 129 Å². The minimum absolute atomic E-state index is 0.109. The summed E-state index contributed by atoms with van der Waals surface area (Å²) in [5.74, 6) is -0.739. The first-order valence-electron chi connectivity index (χ1n) is 6.70. The molecule has 23 heavy (non-hydrogen) atoms. The zero-order chi connectivity index (χ0) is 16.4. The number of anilines is 1. The van der Waals surface area contributed by atoms with Gasteiger partial charge in [0.15, 0.2) is 11.5 Å². The lowest BCUT2D eigenvalue weighted by Gasteiger charge is -2.20. The number of nitrogens with zero attached hydrogens (tertiary/aromatic N) is 1. The third-order valence-corrected chi connectivity index (χ3v) is 3.21. The highest BCUT2D eigenvalue weighted by atomic mass is 19.1. The van der Waals surface area contributed by atoms with E-state index in [2.05, 4.69) is 5.32 Å². The van der Waals surface area contributed by atoms with Gasteiger partial charge in [-0.05, 0) is 24.3 Å². The molecule has 0 spiro atoms. The number of nitrogens with one attached hydrogen (secondary N) is 1. The van der Waals surface area contributed by atoms with Crippen LogP contribution in [0.25, 0.3) is 0 Å². The van der Waals surface area contributed by atoms with Crippen LogP contribution >= 0.6 is 0 Å². The van der Waals surface area contributed by atoms with Crippen molar-refractivity contribution in [1.82, 2.24) is 0 Å². The van der Waals surface area contributed by atoms with Gasteiger partial charge < -0.3 is 14.8 Å². The molecular formula is C15H11FN2O5. The van der Waals surface area contributed by atoms with Gasteiger partial charge in [-0.15, -0.1) is 0 Å². The van der Waals surface area contributed by atoms with Gasteiger partial charge in [-0.3, -0.25) is 14.9 Å². The zero-order valence-corrected chi connectivity index (χ0v) is 11.7. The third-order valence-electron chi connectivity index (χ3n) is 3.21. The zero-order valence-electron chi connectivity index (χ0n) is 11.7. The summed E-state index contributed by atoms with van der Waals surface area (Å²) in [6, 6.07) is 7.98. The van der Waals surface area contributed by atoms with Crippen molar-refractivity contribution in [2.45, 2.75) is 0 Å². The number of fused-ring (bicyclic) bond motifs is 1. The van der Waals surface area contributed by atoms with Crippen molar-refractivity contribution in [3.8, 4) is 11.5 Å². The molecule has 1 aliphatic heterocycles. The fourth-order valence-electron chi connectivity index (χ4n) is 2.18. The summed E-state index contributed by atoms with van der Waals surface area (Å²) < 4.78 is 24.1. The number of hydrogen-bond donors (Lipinski definition) is 1. The van der Waals surface area contributed by atoms with Crippen molar-refractivity contribution < 1.29 is 23.6 Å². The minimum atomic E-state index is -0.971. The minimum Gasteiger partial charge on any atom is -0.486 e. The maximum Gasteiger partial charge on any atom is 0.306 e. The van der Waals surface area contributed by atoms with Crippen LogP contribution in [0, 0.1) is 15.9 Å². The van der Waals surface area contributed by atoms with E-state index in [0.29, 0.717) is 24.7 Å². The molecule has 0 bridgehead atoms. The summed E-state index contributed by atoms with van der Waals surface area (Å²) in [5.41, 5.74) is -0.371. The Morgan fingerprint density at radius 1 is 1.22 bits per heavy atom. The molecule has 0 atom stereocenters. The van der Waals surface area contributed by atoms with Crippen molar-refractivity contribution in [2.24, 2.45) is 0 Å². The number of halogens is 1. The summed E-state index contributed by atoms with van der Waals surface area (Å²) >= 11 is 0. The van der Waals surface area contributed by atoms with Crippen molar-refractivity contribution in [3.05, 3.63) is 57.9 Å². The predicted octanol–water partition coefficient (Wildman–Crippen LogP) is 2.76. The molecule has 0 radical (unpaired) electrons. The standard InChI is InChI=1S/C15H11FN2O5/c16-11-5-4-9(8-12(11)18(20)21)17-15(19)10-2-1-3-13-14(10)23-7-6-22-13/h1-5,8H,6-7H2,(H,17,19). The first kappa shape index (κ1) is 14.8. The van der Waals surface area contributed by atoms with Crippen LogP contribution in [0.15, 0.2) is 36.4 Å². The van der Waals surface area contributed by atoms with Crippen LogP contribution in [0.1, 0.15) is 10.4 Å². The summed E-state index contributed by atoms with van der Waals surface area (Å²) in [6.45, 7) is 0.710. The number of carbonyl (C=O) groups excluding carboxylic acids is 1. The molecule has 1 N–H and O–H groups in total. The van der Waals surface area contributed by atoms with E-state index in [9.17, 15) is 19.3 Å². The van der Waals surface area contributed by atoms with E-state index in [1.165, 1.54) is 6.07 Å². The second-order valence-electron chi connectivity index (χ2n) is 4.71. The monoisotopic (exact) mass is 318 g/mol. The Morgan fingerprint density at radius 3 is 2.78 bits per heavy atom. The summed E-state index contributed by atoms with van der Waals surface area (Å²) in [7, 11) is 0. The van der Waals surface area contributed by atoms with Gasteiger partial charge >= 0.3 is 5.69 Å². The molecule has 1 heterocycles. The van der Waals surface area contributed by atoms with Gasteiger partial charge in [0.2, 0.25) is 5.82 Å². The highest BCUT2D eigenvalue weighted by molar-refractivity contribution is 6.06. The van der Waals surface area contributed by atoms with Gasteiger partial charge in [0.25, 0.3) is 5.91 Å². The second-order valence-corrected chi connectivity index (χ2v) is 4.71. The molecule has 0 fully saturated rings. The highest BCUT2D eigenvalue weighted by Gasteiger charge is 2.21. The Hall–Kier alpha value is -3.16. The van der Waals surface area contributed by atoms with Crippen LogP contribution in [-0.4, -0.2) is 24.0 Å².